The van der Waals surface area contributed by atoms with E-state index in [1.165, 1.54) is 10.4 Å². The summed E-state index contributed by atoms with van der Waals surface area (Å²) in [6.07, 6.45) is 2.42. The molecular formula is C29H33NO7S. The topological polar surface area (TPSA) is 91.4 Å². The monoisotopic (exact) mass is 539 g/mol. The molecule has 3 aromatic carbocycles. The van der Waals surface area contributed by atoms with Crippen molar-refractivity contribution in [1.29, 1.82) is 0 Å². The fourth-order valence-corrected chi connectivity index (χ4v) is 5.61. The molecule has 1 aliphatic heterocycles. The maximum atomic E-state index is 13.3. The van der Waals surface area contributed by atoms with E-state index in [2.05, 4.69) is 0 Å². The van der Waals surface area contributed by atoms with Gasteiger partial charge in [-0.25, -0.2) is 17.5 Å². The Balaban J connectivity index is 1.82. The quantitative estimate of drug-likeness (QED) is 0.327. The summed E-state index contributed by atoms with van der Waals surface area (Å²) in [5.41, 5.74) is 2.02. The Morgan fingerprint density at radius 2 is 1.74 bits per heavy atom. The number of sulfonamides is 1. The van der Waals surface area contributed by atoms with Gasteiger partial charge >= 0.3 is 5.97 Å². The van der Waals surface area contributed by atoms with Crippen molar-refractivity contribution in [3.63, 3.8) is 0 Å². The van der Waals surface area contributed by atoms with Crippen LogP contribution in [-0.2, 0) is 36.4 Å². The molecule has 0 amide bonds. The molecule has 38 heavy (non-hydrogen) atoms. The number of rotatable bonds is 10. The Morgan fingerprint density at radius 3 is 2.39 bits per heavy atom. The van der Waals surface area contributed by atoms with Gasteiger partial charge in [0.05, 0.1) is 35.4 Å². The third kappa shape index (κ3) is 6.18. The van der Waals surface area contributed by atoms with Gasteiger partial charge in [-0.05, 0) is 48.4 Å². The fraction of sp³-hybridized carbons (Fsp3) is 0.345. The predicted octanol–water partition coefficient (Wildman–Crippen LogP) is 5.19. The lowest BCUT2D eigenvalue weighted by molar-refractivity contribution is -0.0947. The standard InChI is InChI=1S/C29H33NO7S/c1-4-36-28(31)23-13-14-27(37-21-22-9-6-5-7-10-22)26(19-23)30(38(3,32)33)25-12-8-11-24(20-25)29(34-2)15-17-35-18-16-29/h5-14,19-20H,4,15-18,21H2,1-3H3. The molecule has 1 aliphatic rings. The molecule has 0 unspecified atom stereocenters. The smallest absolute Gasteiger partial charge is 0.338 e. The van der Waals surface area contributed by atoms with E-state index in [0.717, 1.165) is 17.4 Å². The molecule has 0 N–H and O–H groups in total. The average Bonchev–Trinajstić information content (AvgIpc) is 2.93. The van der Waals surface area contributed by atoms with Gasteiger partial charge in [0, 0.05) is 33.2 Å². The van der Waals surface area contributed by atoms with Crippen molar-refractivity contribution >= 4 is 27.4 Å². The maximum absolute atomic E-state index is 13.3. The van der Waals surface area contributed by atoms with Crippen molar-refractivity contribution in [2.75, 3.05) is 37.5 Å². The fourth-order valence-electron chi connectivity index (χ4n) is 4.61. The first-order chi connectivity index (χ1) is 18.3. The maximum Gasteiger partial charge on any atom is 0.338 e. The highest BCUT2D eigenvalue weighted by Gasteiger charge is 2.35. The summed E-state index contributed by atoms with van der Waals surface area (Å²) in [5, 5.41) is 0. The lowest BCUT2D eigenvalue weighted by Gasteiger charge is -2.37. The Labute approximate surface area is 224 Å². The molecule has 1 fully saturated rings. The normalized spacial score (nSPS) is 15.0. The summed E-state index contributed by atoms with van der Waals surface area (Å²) < 4.78 is 50.6. The van der Waals surface area contributed by atoms with Gasteiger partial charge in [-0.15, -0.1) is 0 Å². The van der Waals surface area contributed by atoms with E-state index < -0.39 is 21.6 Å². The van der Waals surface area contributed by atoms with Crippen molar-refractivity contribution in [2.24, 2.45) is 0 Å². The van der Waals surface area contributed by atoms with Crippen LogP contribution in [0, 0.1) is 0 Å². The molecule has 0 radical (unpaired) electrons. The Bertz CT molecular complexity index is 1350. The Kier molecular flexibility index (Phi) is 8.71. The summed E-state index contributed by atoms with van der Waals surface area (Å²) in [6, 6.07) is 21.5. The van der Waals surface area contributed by atoms with Gasteiger partial charge in [0.2, 0.25) is 10.0 Å². The average molecular weight is 540 g/mol. The summed E-state index contributed by atoms with van der Waals surface area (Å²) >= 11 is 0. The number of ether oxygens (including phenoxy) is 4. The van der Waals surface area contributed by atoms with Gasteiger partial charge in [-0.2, -0.15) is 0 Å². The number of carbonyl (C=O) groups is 1. The van der Waals surface area contributed by atoms with Gasteiger partial charge in [0.25, 0.3) is 0 Å². The van der Waals surface area contributed by atoms with Crippen LogP contribution in [0.2, 0.25) is 0 Å². The van der Waals surface area contributed by atoms with Crippen LogP contribution < -0.4 is 9.04 Å². The van der Waals surface area contributed by atoms with Crippen molar-refractivity contribution in [3.8, 4) is 5.75 Å². The molecule has 9 heteroatoms. The van der Waals surface area contributed by atoms with Crippen LogP contribution in [0.15, 0.2) is 72.8 Å². The van der Waals surface area contributed by atoms with E-state index in [-0.39, 0.29) is 24.5 Å². The minimum absolute atomic E-state index is 0.196. The highest BCUT2D eigenvalue weighted by Crippen LogP contribution is 2.41. The number of hydrogen-bond donors (Lipinski definition) is 0. The second-order valence-corrected chi connectivity index (χ2v) is 10.9. The van der Waals surface area contributed by atoms with Crippen LogP contribution >= 0.6 is 0 Å². The number of methoxy groups -OCH3 is 1. The zero-order valence-corrected chi connectivity index (χ0v) is 22.7. The molecule has 1 saturated heterocycles. The van der Waals surface area contributed by atoms with Crippen molar-refractivity contribution < 1.29 is 32.2 Å². The van der Waals surface area contributed by atoms with Crippen LogP contribution in [0.1, 0.15) is 41.3 Å². The van der Waals surface area contributed by atoms with Crippen molar-refractivity contribution in [2.45, 2.75) is 32.0 Å². The van der Waals surface area contributed by atoms with Crippen molar-refractivity contribution in [1.82, 2.24) is 0 Å². The molecule has 8 nitrogen and oxygen atoms in total. The number of hydrogen-bond acceptors (Lipinski definition) is 7. The third-order valence-electron chi connectivity index (χ3n) is 6.56. The molecule has 0 aliphatic carbocycles. The molecule has 202 valence electrons. The van der Waals surface area contributed by atoms with E-state index in [4.69, 9.17) is 18.9 Å². The van der Waals surface area contributed by atoms with E-state index in [9.17, 15) is 13.2 Å². The van der Waals surface area contributed by atoms with E-state index in [1.807, 2.05) is 42.5 Å². The van der Waals surface area contributed by atoms with Gasteiger partial charge in [0.1, 0.15) is 12.4 Å². The first kappa shape index (κ1) is 27.6. The van der Waals surface area contributed by atoms with E-state index in [1.54, 1.807) is 38.3 Å². The summed E-state index contributed by atoms with van der Waals surface area (Å²) in [4.78, 5) is 12.6. The summed E-state index contributed by atoms with van der Waals surface area (Å²) in [7, 11) is -2.21. The zero-order chi connectivity index (χ0) is 27.2. The SMILES string of the molecule is CCOC(=O)c1ccc(OCc2ccccc2)c(N(c2cccc(C3(OC)CCOCC3)c2)S(C)(=O)=O)c1. The number of carbonyl (C=O) groups excluding carboxylic acids is 1. The first-order valence-electron chi connectivity index (χ1n) is 12.5. The van der Waals surface area contributed by atoms with E-state index >= 15 is 0 Å². The molecule has 0 atom stereocenters. The molecule has 0 bridgehead atoms. The third-order valence-corrected chi connectivity index (χ3v) is 7.63. The molecule has 0 aromatic heterocycles. The lowest BCUT2D eigenvalue weighted by Crippen LogP contribution is -2.36. The molecule has 0 saturated carbocycles. The van der Waals surface area contributed by atoms with Crippen LogP contribution in [0.5, 0.6) is 5.75 Å². The number of anilines is 2. The minimum atomic E-state index is -3.87. The van der Waals surface area contributed by atoms with Crippen LogP contribution in [-0.4, -0.2) is 47.6 Å². The molecule has 4 rings (SSSR count). The van der Waals surface area contributed by atoms with E-state index in [0.29, 0.717) is 37.5 Å². The Hall–Kier alpha value is -3.40. The second kappa shape index (κ2) is 12.0. The summed E-state index contributed by atoms with van der Waals surface area (Å²) in [5.74, 6) is -0.239. The second-order valence-electron chi connectivity index (χ2n) is 9.07. The number of benzene rings is 3. The minimum Gasteiger partial charge on any atom is -0.487 e. The highest BCUT2D eigenvalue weighted by atomic mass is 32.2. The lowest BCUT2D eigenvalue weighted by atomic mass is 9.86. The van der Waals surface area contributed by atoms with Crippen LogP contribution in [0.3, 0.4) is 0 Å². The van der Waals surface area contributed by atoms with Crippen molar-refractivity contribution in [3.05, 3.63) is 89.5 Å². The van der Waals surface area contributed by atoms with Gasteiger partial charge in [-0.1, -0.05) is 42.5 Å². The molecule has 3 aromatic rings. The highest BCUT2D eigenvalue weighted by molar-refractivity contribution is 7.92. The van der Waals surface area contributed by atoms with Gasteiger partial charge in [0.15, 0.2) is 0 Å². The predicted molar refractivity (Wildman–Crippen MR) is 145 cm³/mol. The molecular weight excluding hydrogens is 506 g/mol. The summed E-state index contributed by atoms with van der Waals surface area (Å²) in [6.45, 7) is 3.23. The van der Waals surface area contributed by atoms with Gasteiger partial charge in [-0.3, -0.25) is 0 Å². The first-order valence-corrected chi connectivity index (χ1v) is 14.3. The number of nitrogens with zero attached hydrogens (tertiary/aromatic N) is 1. The number of esters is 1. The molecule has 1 heterocycles. The van der Waals surface area contributed by atoms with Crippen LogP contribution in [0.25, 0.3) is 0 Å². The zero-order valence-electron chi connectivity index (χ0n) is 21.9. The largest absolute Gasteiger partial charge is 0.487 e. The Morgan fingerprint density at radius 1 is 1.00 bits per heavy atom. The van der Waals surface area contributed by atoms with Gasteiger partial charge < -0.3 is 18.9 Å². The van der Waals surface area contributed by atoms with Crippen LogP contribution in [0.4, 0.5) is 11.4 Å². The molecule has 0 spiro atoms.